The van der Waals surface area contributed by atoms with E-state index in [1.54, 1.807) is 23.2 Å². The number of benzene rings is 1. The van der Waals surface area contributed by atoms with Gasteiger partial charge in [0.25, 0.3) is 0 Å². The quantitative estimate of drug-likeness (QED) is 0.892. The molecule has 1 aliphatic rings. The number of imidazole rings is 1. The average molecular weight is 318 g/mol. The summed E-state index contributed by atoms with van der Waals surface area (Å²) in [6.07, 6.45) is 0. The summed E-state index contributed by atoms with van der Waals surface area (Å²) in [7, 11) is 3.49. The molecule has 0 atom stereocenters. The van der Waals surface area contributed by atoms with Crippen LogP contribution < -0.4 is 11.0 Å². The lowest BCUT2D eigenvalue weighted by atomic mass is 10.1. The van der Waals surface area contributed by atoms with E-state index in [2.05, 4.69) is 10.2 Å². The number of nitrogens with zero attached hydrogens (tertiary/aromatic N) is 3. The summed E-state index contributed by atoms with van der Waals surface area (Å²) in [6, 6.07) is 3.80. The zero-order valence-electron chi connectivity index (χ0n) is 13.8. The van der Waals surface area contributed by atoms with Crippen molar-refractivity contribution in [1.29, 1.82) is 0 Å². The molecule has 1 N–H and O–H groups in total. The van der Waals surface area contributed by atoms with Crippen molar-refractivity contribution in [2.75, 3.05) is 38.2 Å². The number of anilines is 1. The minimum absolute atomic E-state index is 0.0460. The number of carbonyl (C=O) groups excluding carboxylic acids is 1. The summed E-state index contributed by atoms with van der Waals surface area (Å²) in [5.74, 6) is -0.0460. The van der Waals surface area contributed by atoms with Crippen LogP contribution in [-0.2, 0) is 23.6 Å². The highest BCUT2D eigenvalue weighted by atomic mass is 16.5. The van der Waals surface area contributed by atoms with Gasteiger partial charge in [0, 0.05) is 32.9 Å². The van der Waals surface area contributed by atoms with Crippen LogP contribution in [0.3, 0.4) is 0 Å². The summed E-state index contributed by atoms with van der Waals surface area (Å²) in [5.41, 5.74) is 3.29. The third-order valence-electron chi connectivity index (χ3n) is 4.36. The van der Waals surface area contributed by atoms with E-state index in [4.69, 9.17) is 4.74 Å². The van der Waals surface area contributed by atoms with Crippen LogP contribution in [0, 0.1) is 6.92 Å². The Bertz CT molecular complexity index is 800. The monoisotopic (exact) mass is 318 g/mol. The van der Waals surface area contributed by atoms with E-state index in [-0.39, 0.29) is 11.6 Å². The fraction of sp³-hybridized carbons (Fsp3) is 0.500. The van der Waals surface area contributed by atoms with E-state index in [9.17, 15) is 9.59 Å². The van der Waals surface area contributed by atoms with E-state index >= 15 is 0 Å². The Kier molecular flexibility index (Phi) is 4.23. The van der Waals surface area contributed by atoms with Gasteiger partial charge in [0.1, 0.15) is 0 Å². The van der Waals surface area contributed by atoms with Gasteiger partial charge in [0.2, 0.25) is 5.91 Å². The van der Waals surface area contributed by atoms with Crippen LogP contribution in [-0.4, -0.2) is 52.8 Å². The van der Waals surface area contributed by atoms with Gasteiger partial charge in [-0.25, -0.2) is 4.79 Å². The first-order chi connectivity index (χ1) is 11.0. The van der Waals surface area contributed by atoms with Gasteiger partial charge in [-0.1, -0.05) is 0 Å². The standard InChI is InChI=1S/C16H22N4O3/c1-11-8-13-14(19(3)16(22)18(13)2)9-12(11)17-15(21)10-20-4-6-23-7-5-20/h8-9H,4-7,10H2,1-3H3,(H,17,21). The molecule has 7 heteroatoms. The second kappa shape index (κ2) is 6.17. The molecular formula is C16H22N4O3. The van der Waals surface area contributed by atoms with Crippen molar-refractivity contribution < 1.29 is 9.53 Å². The Hall–Kier alpha value is -2.12. The molecule has 0 unspecified atom stereocenters. The van der Waals surface area contributed by atoms with Crippen LogP contribution in [0.4, 0.5) is 5.69 Å². The molecule has 1 saturated heterocycles. The topological polar surface area (TPSA) is 68.5 Å². The zero-order chi connectivity index (χ0) is 16.6. The van der Waals surface area contributed by atoms with Crippen molar-refractivity contribution in [2.24, 2.45) is 14.1 Å². The summed E-state index contributed by atoms with van der Waals surface area (Å²) in [4.78, 5) is 26.3. The van der Waals surface area contributed by atoms with Crippen LogP contribution in [0.1, 0.15) is 5.56 Å². The number of aromatic nitrogens is 2. The summed E-state index contributed by atoms with van der Waals surface area (Å²) in [6.45, 7) is 5.18. The van der Waals surface area contributed by atoms with E-state index in [1.165, 1.54) is 0 Å². The molecule has 1 aliphatic heterocycles. The van der Waals surface area contributed by atoms with Gasteiger partial charge >= 0.3 is 5.69 Å². The third kappa shape index (κ3) is 3.02. The number of nitrogens with one attached hydrogen (secondary N) is 1. The normalized spacial score (nSPS) is 16.0. The molecule has 2 aromatic rings. The fourth-order valence-corrected chi connectivity index (χ4v) is 2.94. The van der Waals surface area contributed by atoms with E-state index in [0.717, 1.165) is 35.4 Å². The molecule has 1 aromatic heterocycles. The van der Waals surface area contributed by atoms with Gasteiger partial charge in [-0.2, -0.15) is 0 Å². The first kappa shape index (κ1) is 15.8. The van der Waals surface area contributed by atoms with Gasteiger partial charge in [-0.3, -0.25) is 18.8 Å². The predicted molar refractivity (Wildman–Crippen MR) is 88.8 cm³/mol. The molecule has 7 nitrogen and oxygen atoms in total. The van der Waals surface area contributed by atoms with Crippen LogP contribution in [0.2, 0.25) is 0 Å². The number of hydrogen-bond acceptors (Lipinski definition) is 4. The highest BCUT2D eigenvalue weighted by Gasteiger charge is 2.16. The number of amides is 1. The molecule has 1 fully saturated rings. The summed E-state index contributed by atoms with van der Waals surface area (Å²) in [5, 5.41) is 2.96. The molecule has 0 saturated carbocycles. The highest BCUT2D eigenvalue weighted by molar-refractivity contribution is 5.95. The van der Waals surface area contributed by atoms with E-state index < -0.39 is 0 Å². The Morgan fingerprint density at radius 1 is 1.17 bits per heavy atom. The van der Waals surface area contributed by atoms with Crippen LogP contribution in [0.15, 0.2) is 16.9 Å². The minimum Gasteiger partial charge on any atom is -0.379 e. The summed E-state index contributed by atoms with van der Waals surface area (Å²) < 4.78 is 8.49. The Labute approximate surface area is 134 Å². The predicted octanol–water partition coefficient (Wildman–Crippen LogP) is 0.456. The fourth-order valence-electron chi connectivity index (χ4n) is 2.94. The first-order valence-corrected chi connectivity index (χ1v) is 7.73. The van der Waals surface area contributed by atoms with Crippen LogP contribution in [0.5, 0.6) is 0 Å². The highest BCUT2D eigenvalue weighted by Crippen LogP contribution is 2.22. The lowest BCUT2D eigenvalue weighted by Gasteiger charge is -2.25. The number of rotatable bonds is 3. The van der Waals surface area contributed by atoms with Gasteiger partial charge in [0.05, 0.1) is 30.8 Å². The van der Waals surface area contributed by atoms with E-state index in [0.29, 0.717) is 19.8 Å². The molecule has 2 heterocycles. The third-order valence-corrected chi connectivity index (χ3v) is 4.36. The maximum absolute atomic E-state index is 12.3. The number of ether oxygens (including phenoxy) is 1. The SMILES string of the molecule is Cc1cc2c(cc1NC(=O)CN1CCOCC1)n(C)c(=O)n2C. The molecule has 124 valence electrons. The van der Waals surface area contributed by atoms with Crippen LogP contribution in [0.25, 0.3) is 11.0 Å². The van der Waals surface area contributed by atoms with Gasteiger partial charge in [-0.15, -0.1) is 0 Å². The number of fused-ring (bicyclic) bond motifs is 1. The van der Waals surface area contributed by atoms with Crippen molar-refractivity contribution in [3.05, 3.63) is 28.2 Å². The zero-order valence-corrected chi connectivity index (χ0v) is 13.8. The maximum Gasteiger partial charge on any atom is 0.328 e. The van der Waals surface area contributed by atoms with Crippen LogP contribution >= 0.6 is 0 Å². The average Bonchev–Trinajstić information content (AvgIpc) is 2.73. The molecule has 0 radical (unpaired) electrons. The molecule has 1 amide bonds. The van der Waals surface area contributed by atoms with Crippen molar-refractivity contribution in [3.8, 4) is 0 Å². The molecule has 3 rings (SSSR count). The Morgan fingerprint density at radius 2 is 1.78 bits per heavy atom. The van der Waals surface area contributed by atoms with Gasteiger partial charge < -0.3 is 10.1 Å². The van der Waals surface area contributed by atoms with Gasteiger partial charge in [-0.05, 0) is 24.6 Å². The van der Waals surface area contributed by atoms with Crippen molar-refractivity contribution >= 4 is 22.6 Å². The number of carbonyl (C=O) groups is 1. The maximum atomic E-state index is 12.3. The Morgan fingerprint density at radius 3 is 2.43 bits per heavy atom. The lowest BCUT2D eigenvalue weighted by molar-refractivity contribution is -0.118. The lowest BCUT2D eigenvalue weighted by Crippen LogP contribution is -2.41. The smallest absolute Gasteiger partial charge is 0.328 e. The van der Waals surface area contributed by atoms with Gasteiger partial charge in [0.15, 0.2) is 0 Å². The second-order valence-corrected chi connectivity index (χ2v) is 5.99. The van der Waals surface area contributed by atoms with Crippen molar-refractivity contribution in [3.63, 3.8) is 0 Å². The molecular weight excluding hydrogens is 296 g/mol. The molecule has 23 heavy (non-hydrogen) atoms. The number of aryl methyl sites for hydroxylation is 3. The van der Waals surface area contributed by atoms with Crippen molar-refractivity contribution in [1.82, 2.24) is 14.0 Å². The number of morpholine rings is 1. The first-order valence-electron chi connectivity index (χ1n) is 7.73. The minimum atomic E-state index is -0.0730. The largest absolute Gasteiger partial charge is 0.379 e. The van der Waals surface area contributed by atoms with Crippen molar-refractivity contribution in [2.45, 2.75) is 6.92 Å². The molecule has 0 bridgehead atoms. The molecule has 0 spiro atoms. The second-order valence-electron chi connectivity index (χ2n) is 5.99. The number of hydrogen-bond donors (Lipinski definition) is 1. The van der Waals surface area contributed by atoms with E-state index in [1.807, 2.05) is 19.1 Å². The molecule has 1 aromatic carbocycles. The Balaban J connectivity index is 1.82. The molecule has 0 aliphatic carbocycles. The summed E-state index contributed by atoms with van der Waals surface area (Å²) >= 11 is 0.